The van der Waals surface area contributed by atoms with Crippen LogP contribution in [0.1, 0.15) is 32.8 Å². The second-order valence-corrected chi connectivity index (χ2v) is 7.65. The van der Waals surface area contributed by atoms with Crippen molar-refractivity contribution < 1.29 is 9.53 Å². The highest BCUT2D eigenvalue weighted by molar-refractivity contribution is 5.93. The van der Waals surface area contributed by atoms with Crippen LogP contribution in [-0.2, 0) is 11.8 Å². The molecule has 1 aromatic carbocycles. The van der Waals surface area contributed by atoms with E-state index in [1.165, 1.54) is 0 Å². The third-order valence-corrected chi connectivity index (χ3v) is 4.96. The number of nitriles is 1. The van der Waals surface area contributed by atoms with Gasteiger partial charge in [0.05, 0.1) is 11.6 Å². The average Bonchev–Trinajstić information content (AvgIpc) is 3.05. The Morgan fingerprint density at radius 3 is 2.64 bits per heavy atom. The van der Waals surface area contributed by atoms with E-state index in [0.717, 1.165) is 16.7 Å². The van der Waals surface area contributed by atoms with Gasteiger partial charge >= 0.3 is 6.09 Å². The number of ether oxygens (including phenoxy) is 1. The zero-order valence-electron chi connectivity index (χ0n) is 15.1. The van der Waals surface area contributed by atoms with Gasteiger partial charge in [-0.05, 0) is 11.5 Å². The Labute approximate surface area is 147 Å². The van der Waals surface area contributed by atoms with Crippen LogP contribution >= 0.6 is 0 Å². The molecular formula is C19H24N4O2. The molecule has 0 saturated carbocycles. The molecule has 132 valence electrons. The van der Waals surface area contributed by atoms with E-state index in [9.17, 15) is 10.1 Å². The molecule has 6 nitrogen and oxygen atoms in total. The number of carbonyl (C=O) groups excluding carboxylic acids is 1. The van der Waals surface area contributed by atoms with Crippen LogP contribution in [0.15, 0.2) is 24.3 Å². The van der Waals surface area contributed by atoms with Gasteiger partial charge in [-0.3, -0.25) is 0 Å². The standard InChI is InChI=1S/C19H24N4O2/c1-19(2,3)16-15(25-18(21)24)9-10-23(16)17-13(11-20)12-7-5-6-8-14(12)22(17)4/h5-8,15-16H,9-10H2,1-4H3,(H2,21,24)/t15-,16?/m0/s1. The van der Waals surface area contributed by atoms with Gasteiger partial charge in [0.15, 0.2) is 0 Å². The Morgan fingerprint density at radius 2 is 2.04 bits per heavy atom. The molecule has 0 aliphatic carbocycles. The lowest BCUT2D eigenvalue weighted by Gasteiger charge is -2.39. The molecule has 1 amide bonds. The van der Waals surface area contributed by atoms with Crippen molar-refractivity contribution in [2.45, 2.75) is 39.3 Å². The van der Waals surface area contributed by atoms with Crippen LogP contribution in [0.4, 0.5) is 10.6 Å². The molecule has 2 heterocycles. The molecule has 1 aliphatic heterocycles. The van der Waals surface area contributed by atoms with Gasteiger partial charge in [0.2, 0.25) is 0 Å². The summed E-state index contributed by atoms with van der Waals surface area (Å²) in [6, 6.07) is 10.2. The molecule has 3 rings (SSSR count). The number of carbonyl (C=O) groups is 1. The SMILES string of the molecule is Cn1c(N2CC[C@H](OC(N)=O)C2C(C)(C)C)c(C#N)c2ccccc21. The number of hydrogen-bond donors (Lipinski definition) is 1. The monoisotopic (exact) mass is 340 g/mol. The van der Waals surface area contributed by atoms with E-state index in [0.29, 0.717) is 18.5 Å². The maximum atomic E-state index is 11.3. The van der Waals surface area contributed by atoms with Gasteiger partial charge < -0.3 is 19.9 Å². The van der Waals surface area contributed by atoms with E-state index in [2.05, 4.69) is 36.3 Å². The fourth-order valence-corrected chi connectivity index (χ4v) is 4.13. The van der Waals surface area contributed by atoms with Crippen molar-refractivity contribution >= 4 is 22.8 Å². The van der Waals surface area contributed by atoms with E-state index in [-0.39, 0.29) is 17.6 Å². The fraction of sp³-hybridized carbons (Fsp3) is 0.474. The Morgan fingerprint density at radius 1 is 1.36 bits per heavy atom. The molecule has 1 unspecified atom stereocenters. The van der Waals surface area contributed by atoms with Crippen LogP contribution in [0.2, 0.25) is 0 Å². The number of anilines is 1. The summed E-state index contributed by atoms with van der Waals surface area (Å²) in [6.45, 7) is 7.05. The molecule has 1 saturated heterocycles. The minimum absolute atomic E-state index is 0.0601. The summed E-state index contributed by atoms with van der Waals surface area (Å²) in [6.07, 6.45) is -0.349. The largest absolute Gasteiger partial charge is 0.444 e. The Bertz CT molecular complexity index is 857. The van der Waals surface area contributed by atoms with E-state index in [1.54, 1.807) is 0 Å². The lowest BCUT2D eigenvalue weighted by atomic mass is 9.83. The average molecular weight is 340 g/mol. The van der Waals surface area contributed by atoms with Crippen LogP contribution in [0.3, 0.4) is 0 Å². The summed E-state index contributed by atoms with van der Waals surface area (Å²) in [4.78, 5) is 13.5. The number of hydrogen-bond acceptors (Lipinski definition) is 4. The number of primary amides is 1. The van der Waals surface area contributed by atoms with Crippen molar-refractivity contribution in [2.75, 3.05) is 11.4 Å². The third kappa shape index (κ3) is 2.80. The number of rotatable bonds is 2. The first-order valence-electron chi connectivity index (χ1n) is 8.46. The first-order chi connectivity index (χ1) is 11.8. The normalized spacial score (nSPS) is 20.7. The van der Waals surface area contributed by atoms with Crippen LogP contribution < -0.4 is 10.6 Å². The number of para-hydroxylation sites is 1. The molecular weight excluding hydrogens is 316 g/mol. The van der Waals surface area contributed by atoms with Crippen LogP contribution in [0, 0.1) is 16.7 Å². The number of aromatic nitrogens is 1. The maximum Gasteiger partial charge on any atom is 0.404 e. The lowest BCUT2D eigenvalue weighted by molar-refractivity contribution is 0.0753. The smallest absolute Gasteiger partial charge is 0.404 e. The van der Waals surface area contributed by atoms with Gasteiger partial charge in [-0.25, -0.2) is 4.79 Å². The molecule has 0 radical (unpaired) electrons. The van der Waals surface area contributed by atoms with E-state index < -0.39 is 6.09 Å². The first-order valence-corrected chi connectivity index (χ1v) is 8.46. The van der Waals surface area contributed by atoms with Crippen molar-refractivity contribution in [3.05, 3.63) is 29.8 Å². The molecule has 1 fully saturated rings. The van der Waals surface area contributed by atoms with Gasteiger partial charge in [0, 0.05) is 25.4 Å². The van der Waals surface area contributed by atoms with Gasteiger partial charge in [-0.15, -0.1) is 0 Å². The molecule has 2 aromatic rings. The predicted molar refractivity (Wildman–Crippen MR) is 97.3 cm³/mol. The predicted octanol–water partition coefficient (Wildman–Crippen LogP) is 3.14. The highest BCUT2D eigenvalue weighted by Crippen LogP contribution is 2.41. The van der Waals surface area contributed by atoms with Crippen molar-refractivity contribution in [3.8, 4) is 6.07 Å². The zero-order chi connectivity index (χ0) is 18.4. The summed E-state index contributed by atoms with van der Waals surface area (Å²) in [5.74, 6) is 0.874. The first kappa shape index (κ1) is 17.2. The fourth-order valence-electron chi connectivity index (χ4n) is 4.13. The second-order valence-electron chi connectivity index (χ2n) is 7.65. The highest BCUT2D eigenvalue weighted by atomic mass is 16.6. The summed E-state index contributed by atoms with van der Waals surface area (Å²) < 4.78 is 7.45. The molecule has 0 bridgehead atoms. The van der Waals surface area contributed by atoms with Gasteiger partial charge in [-0.2, -0.15) is 5.26 Å². The zero-order valence-corrected chi connectivity index (χ0v) is 15.1. The Hall–Kier alpha value is -2.68. The summed E-state index contributed by atoms with van der Waals surface area (Å²) in [7, 11) is 1.97. The Kier molecular flexibility index (Phi) is 4.11. The molecule has 0 spiro atoms. The van der Waals surface area contributed by atoms with Gasteiger partial charge in [-0.1, -0.05) is 39.0 Å². The van der Waals surface area contributed by atoms with Crippen LogP contribution in [0.25, 0.3) is 10.9 Å². The van der Waals surface area contributed by atoms with E-state index in [1.807, 2.05) is 31.3 Å². The van der Waals surface area contributed by atoms with Gasteiger partial charge in [0.1, 0.15) is 23.6 Å². The highest BCUT2D eigenvalue weighted by Gasteiger charge is 2.45. The number of fused-ring (bicyclic) bond motifs is 1. The van der Waals surface area contributed by atoms with Crippen LogP contribution in [-0.4, -0.2) is 29.4 Å². The summed E-state index contributed by atoms with van der Waals surface area (Å²) in [5.41, 5.74) is 6.79. The maximum absolute atomic E-state index is 11.3. The number of nitrogens with two attached hydrogens (primary N) is 1. The quantitative estimate of drug-likeness (QED) is 0.910. The minimum Gasteiger partial charge on any atom is -0.444 e. The minimum atomic E-state index is -0.751. The number of aryl methyl sites for hydroxylation is 1. The number of benzene rings is 1. The molecule has 1 aromatic heterocycles. The second kappa shape index (κ2) is 5.99. The molecule has 6 heteroatoms. The van der Waals surface area contributed by atoms with Crippen molar-refractivity contribution in [1.82, 2.24) is 4.57 Å². The molecule has 2 N–H and O–H groups in total. The Balaban J connectivity index is 2.15. The molecule has 1 aliphatic rings. The number of nitrogens with zero attached hydrogens (tertiary/aromatic N) is 3. The van der Waals surface area contributed by atoms with Crippen molar-refractivity contribution in [1.29, 1.82) is 5.26 Å². The molecule has 2 atom stereocenters. The van der Waals surface area contributed by atoms with Gasteiger partial charge in [0.25, 0.3) is 0 Å². The molecule has 25 heavy (non-hydrogen) atoms. The van der Waals surface area contributed by atoms with E-state index >= 15 is 0 Å². The van der Waals surface area contributed by atoms with Crippen LogP contribution in [0.5, 0.6) is 0 Å². The topological polar surface area (TPSA) is 84.3 Å². The summed E-state index contributed by atoms with van der Waals surface area (Å²) >= 11 is 0. The summed E-state index contributed by atoms with van der Waals surface area (Å²) in [5, 5.41) is 10.7. The lowest BCUT2D eigenvalue weighted by Crippen LogP contribution is -2.47. The van der Waals surface area contributed by atoms with Crippen molar-refractivity contribution in [2.24, 2.45) is 18.2 Å². The third-order valence-electron chi connectivity index (χ3n) is 4.96. The van der Waals surface area contributed by atoms with Crippen molar-refractivity contribution in [3.63, 3.8) is 0 Å². The number of amides is 1. The van der Waals surface area contributed by atoms with E-state index in [4.69, 9.17) is 10.5 Å².